The molecule has 0 spiro atoms. The van der Waals surface area contributed by atoms with Crippen molar-refractivity contribution in [2.75, 3.05) is 6.54 Å². The molecule has 0 fully saturated rings. The zero-order valence-corrected chi connectivity index (χ0v) is 10.7. The zero-order valence-electron chi connectivity index (χ0n) is 10.7. The van der Waals surface area contributed by atoms with Crippen LogP contribution in [0, 0.1) is 0 Å². The number of hydrogen-bond acceptors (Lipinski definition) is 3. The molecule has 0 aliphatic rings. The van der Waals surface area contributed by atoms with Gasteiger partial charge in [-0.1, -0.05) is 24.3 Å². The lowest BCUT2D eigenvalue weighted by molar-refractivity contribution is -0.127. The first-order valence-electron chi connectivity index (χ1n) is 5.88. The van der Waals surface area contributed by atoms with E-state index in [4.69, 9.17) is 4.74 Å². The molecule has 0 bridgehead atoms. The number of benzene rings is 1. The molecular formula is C14H19NO3. The molecule has 0 aliphatic carbocycles. The molecule has 0 saturated heterocycles. The van der Waals surface area contributed by atoms with Crippen LogP contribution in [-0.2, 0) is 4.79 Å². The Kier molecular flexibility index (Phi) is 5.39. The first-order chi connectivity index (χ1) is 8.56. The van der Waals surface area contributed by atoms with E-state index in [1.54, 1.807) is 38.1 Å². The van der Waals surface area contributed by atoms with Gasteiger partial charge in [-0.2, -0.15) is 0 Å². The molecule has 2 N–H and O–H groups in total. The highest BCUT2D eigenvalue weighted by Crippen LogP contribution is 2.25. The molecule has 1 amide bonds. The third-order valence-electron chi connectivity index (χ3n) is 2.46. The smallest absolute Gasteiger partial charge is 0.261 e. The molecule has 2 atom stereocenters. The third-order valence-corrected chi connectivity index (χ3v) is 2.46. The Balaban J connectivity index is 2.72. The average Bonchev–Trinajstić information content (AvgIpc) is 2.36. The van der Waals surface area contributed by atoms with Gasteiger partial charge >= 0.3 is 0 Å². The Labute approximate surface area is 107 Å². The van der Waals surface area contributed by atoms with Crippen molar-refractivity contribution < 1.29 is 14.6 Å². The molecule has 1 aromatic carbocycles. The topological polar surface area (TPSA) is 58.6 Å². The summed E-state index contributed by atoms with van der Waals surface area (Å²) in [7, 11) is 0. The molecule has 98 valence electrons. The number of aliphatic hydroxyl groups excluding tert-OH is 1. The summed E-state index contributed by atoms with van der Waals surface area (Å²) < 4.78 is 5.56. The molecule has 18 heavy (non-hydrogen) atoms. The Morgan fingerprint density at radius 1 is 1.50 bits per heavy atom. The maximum atomic E-state index is 11.6. The van der Waals surface area contributed by atoms with Crippen molar-refractivity contribution in [2.45, 2.75) is 26.1 Å². The summed E-state index contributed by atoms with van der Waals surface area (Å²) in [5.74, 6) is 0.309. The number of ether oxygens (including phenoxy) is 1. The van der Waals surface area contributed by atoms with E-state index in [-0.39, 0.29) is 5.91 Å². The lowest BCUT2D eigenvalue weighted by Crippen LogP contribution is -2.36. The number of para-hydroxylation sites is 1. The summed E-state index contributed by atoms with van der Waals surface area (Å²) in [4.78, 5) is 11.6. The van der Waals surface area contributed by atoms with Gasteiger partial charge in [-0.15, -0.1) is 6.58 Å². The van der Waals surface area contributed by atoms with Crippen molar-refractivity contribution in [3.05, 3.63) is 42.5 Å². The van der Waals surface area contributed by atoms with E-state index < -0.39 is 12.2 Å². The predicted octanol–water partition coefficient (Wildman–Crippen LogP) is 1.81. The number of amides is 1. The second-order valence-electron chi connectivity index (χ2n) is 4.01. The van der Waals surface area contributed by atoms with Gasteiger partial charge < -0.3 is 15.2 Å². The van der Waals surface area contributed by atoms with Crippen LogP contribution in [0.1, 0.15) is 25.5 Å². The van der Waals surface area contributed by atoms with E-state index in [0.29, 0.717) is 17.9 Å². The average molecular weight is 249 g/mol. The van der Waals surface area contributed by atoms with Crippen LogP contribution in [0.5, 0.6) is 5.75 Å². The summed E-state index contributed by atoms with van der Waals surface area (Å²) >= 11 is 0. The van der Waals surface area contributed by atoms with Crippen molar-refractivity contribution in [3.8, 4) is 5.75 Å². The lowest BCUT2D eigenvalue weighted by atomic mass is 10.1. The molecule has 0 heterocycles. The molecule has 1 aromatic rings. The van der Waals surface area contributed by atoms with E-state index in [0.717, 1.165) is 0 Å². The molecular weight excluding hydrogens is 230 g/mol. The monoisotopic (exact) mass is 249 g/mol. The van der Waals surface area contributed by atoms with Crippen molar-refractivity contribution in [1.29, 1.82) is 0 Å². The molecule has 0 aromatic heterocycles. The van der Waals surface area contributed by atoms with Gasteiger partial charge in [0, 0.05) is 12.1 Å². The Morgan fingerprint density at radius 3 is 2.78 bits per heavy atom. The maximum Gasteiger partial charge on any atom is 0.261 e. The summed E-state index contributed by atoms with van der Waals surface area (Å²) in [5, 5.41) is 12.3. The van der Waals surface area contributed by atoms with E-state index in [1.807, 2.05) is 6.07 Å². The minimum absolute atomic E-state index is 0.213. The standard InChI is InChI=1S/C14H19NO3/c1-4-9-15-14(17)11(3)18-13-8-6-5-7-12(13)10(2)16/h4-8,10-11,16H,1,9H2,2-3H3,(H,15,17). The third kappa shape index (κ3) is 3.89. The molecule has 1 rings (SSSR count). The zero-order chi connectivity index (χ0) is 13.5. The van der Waals surface area contributed by atoms with Gasteiger partial charge in [-0.3, -0.25) is 4.79 Å². The fourth-order valence-electron chi connectivity index (χ4n) is 1.49. The molecule has 4 nitrogen and oxygen atoms in total. The highest BCUT2D eigenvalue weighted by atomic mass is 16.5. The highest BCUT2D eigenvalue weighted by Gasteiger charge is 2.16. The minimum atomic E-state index is -0.635. The summed E-state index contributed by atoms with van der Waals surface area (Å²) in [6.45, 7) is 7.25. The number of hydrogen-bond donors (Lipinski definition) is 2. The van der Waals surface area contributed by atoms with E-state index in [2.05, 4.69) is 11.9 Å². The highest BCUT2D eigenvalue weighted by molar-refractivity contribution is 5.80. The molecule has 4 heteroatoms. The van der Waals surface area contributed by atoms with Gasteiger partial charge in [-0.25, -0.2) is 0 Å². The predicted molar refractivity (Wildman–Crippen MR) is 70.4 cm³/mol. The van der Waals surface area contributed by atoms with Crippen LogP contribution in [0.2, 0.25) is 0 Å². The van der Waals surface area contributed by atoms with Gasteiger partial charge in [0.1, 0.15) is 5.75 Å². The van der Waals surface area contributed by atoms with Gasteiger partial charge in [0.25, 0.3) is 5.91 Å². The van der Waals surface area contributed by atoms with E-state index in [1.165, 1.54) is 0 Å². The SMILES string of the molecule is C=CCNC(=O)C(C)Oc1ccccc1C(C)O. The van der Waals surface area contributed by atoms with Crippen molar-refractivity contribution in [2.24, 2.45) is 0 Å². The van der Waals surface area contributed by atoms with Crippen LogP contribution in [0.3, 0.4) is 0 Å². The normalized spacial score (nSPS) is 13.5. The van der Waals surface area contributed by atoms with Crippen LogP contribution in [0.4, 0.5) is 0 Å². The largest absolute Gasteiger partial charge is 0.481 e. The van der Waals surface area contributed by atoms with Crippen molar-refractivity contribution >= 4 is 5.91 Å². The van der Waals surface area contributed by atoms with Gasteiger partial charge in [0.2, 0.25) is 0 Å². The van der Waals surface area contributed by atoms with E-state index >= 15 is 0 Å². The number of carbonyl (C=O) groups excluding carboxylic acids is 1. The fourth-order valence-corrected chi connectivity index (χ4v) is 1.49. The second-order valence-corrected chi connectivity index (χ2v) is 4.01. The van der Waals surface area contributed by atoms with Gasteiger partial charge in [-0.05, 0) is 19.9 Å². The molecule has 0 aliphatic heterocycles. The fraction of sp³-hybridized carbons (Fsp3) is 0.357. The Morgan fingerprint density at radius 2 is 2.17 bits per heavy atom. The summed E-state index contributed by atoms with van der Waals surface area (Å²) in [6, 6.07) is 7.13. The van der Waals surface area contributed by atoms with Crippen LogP contribution < -0.4 is 10.1 Å². The van der Waals surface area contributed by atoms with Crippen molar-refractivity contribution in [1.82, 2.24) is 5.32 Å². The number of carbonyl (C=O) groups is 1. The van der Waals surface area contributed by atoms with Gasteiger partial charge in [0.15, 0.2) is 6.10 Å². The Hall–Kier alpha value is -1.81. The first-order valence-corrected chi connectivity index (χ1v) is 5.88. The summed E-state index contributed by atoms with van der Waals surface area (Å²) in [6.07, 6.45) is 0.350. The minimum Gasteiger partial charge on any atom is -0.481 e. The number of rotatable bonds is 6. The number of aliphatic hydroxyl groups is 1. The quantitative estimate of drug-likeness (QED) is 0.756. The van der Waals surface area contributed by atoms with Crippen LogP contribution in [-0.4, -0.2) is 23.7 Å². The van der Waals surface area contributed by atoms with Gasteiger partial charge in [0.05, 0.1) is 6.10 Å². The van der Waals surface area contributed by atoms with E-state index in [9.17, 15) is 9.90 Å². The Bertz CT molecular complexity index is 415. The maximum absolute atomic E-state index is 11.6. The van der Waals surface area contributed by atoms with Crippen LogP contribution in [0.15, 0.2) is 36.9 Å². The number of nitrogens with one attached hydrogen (secondary N) is 1. The first kappa shape index (κ1) is 14.3. The molecule has 0 saturated carbocycles. The molecule has 0 radical (unpaired) electrons. The van der Waals surface area contributed by atoms with Crippen LogP contribution in [0.25, 0.3) is 0 Å². The second kappa shape index (κ2) is 6.81. The van der Waals surface area contributed by atoms with Crippen molar-refractivity contribution in [3.63, 3.8) is 0 Å². The lowest BCUT2D eigenvalue weighted by Gasteiger charge is -2.17. The summed E-state index contributed by atoms with van der Waals surface area (Å²) in [5.41, 5.74) is 0.667. The molecule has 2 unspecified atom stereocenters. The van der Waals surface area contributed by atoms with Crippen LogP contribution >= 0.6 is 0 Å².